The molecule has 0 aromatic carbocycles. The Morgan fingerprint density at radius 1 is 1.12 bits per heavy atom. The third kappa shape index (κ3) is 473. The molecule has 0 saturated carbocycles. The van der Waals surface area contributed by atoms with E-state index in [0.717, 1.165) is 6.54 Å². The average molecular weight is 153 g/mol. The van der Waals surface area contributed by atoms with Gasteiger partial charge >= 0.3 is 37.5 Å². The number of nitrogens with two attached hydrogens (primary N) is 1. The van der Waals surface area contributed by atoms with E-state index >= 15 is 0 Å². The van der Waals surface area contributed by atoms with Gasteiger partial charge in [0.15, 0.2) is 0 Å². The fourth-order valence-electron chi connectivity index (χ4n) is 0. The molecule has 52 valence electrons. The van der Waals surface area contributed by atoms with Crippen LogP contribution in [-0.2, 0) is 16.6 Å². The number of hydrogen-bond donors (Lipinski definition) is 1. The van der Waals surface area contributed by atoms with Crippen LogP contribution < -0.4 is 5.73 Å². The second-order valence-corrected chi connectivity index (χ2v) is 12.8. The van der Waals surface area contributed by atoms with Crippen LogP contribution in [0.4, 0.5) is 0 Å². The summed E-state index contributed by atoms with van der Waals surface area (Å²) >= 11 is -1.00. The molecule has 0 spiro atoms. The van der Waals surface area contributed by atoms with E-state index in [1.807, 2.05) is 6.92 Å². The van der Waals surface area contributed by atoms with Crippen LogP contribution in [0.5, 0.6) is 0 Å². The number of rotatable bonds is 0. The van der Waals surface area contributed by atoms with Gasteiger partial charge in [0.2, 0.25) is 0 Å². The van der Waals surface area contributed by atoms with Crippen LogP contribution in [0.3, 0.4) is 0 Å². The predicted molar refractivity (Wildman–Crippen MR) is 38.2 cm³/mol. The van der Waals surface area contributed by atoms with Gasteiger partial charge in [-0.05, 0) is 6.54 Å². The summed E-state index contributed by atoms with van der Waals surface area (Å²) in [6.45, 7) is 2.65. The fourth-order valence-corrected chi connectivity index (χ4v) is 0. The van der Waals surface area contributed by atoms with Crippen LogP contribution in [0.2, 0.25) is 20.9 Å². The van der Waals surface area contributed by atoms with Gasteiger partial charge in [0.1, 0.15) is 0 Å². The molecule has 0 aromatic heterocycles. The van der Waals surface area contributed by atoms with Crippen LogP contribution in [0, 0.1) is 0 Å². The molecule has 1 nitrogen and oxygen atoms in total. The van der Waals surface area contributed by atoms with E-state index in [4.69, 9.17) is 5.73 Å². The Morgan fingerprint density at radius 3 is 1.12 bits per heavy atom. The van der Waals surface area contributed by atoms with Crippen molar-refractivity contribution < 1.29 is 16.6 Å². The van der Waals surface area contributed by atoms with E-state index in [-0.39, 0.29) is 0 Å². The molecule has 8 heavy (non-hydrogen) atoms. The van der Waals surface area contributed by atoms with Gasteiger partial charge in [-0.3, -0.25) is 0 Å². The van der Waals surface area contributed by atoms with E-state index in [2.05, 4.69) is 20.9 Å². The van der Waals surface area contributed by atoms with Gasteiger partial charge in [-0.25, -0.2) is 0 Å². The molecule has 0 aliphatic carbocycles. The molecular formula is C6H19NTi. The summed E-state index contributed by atoms with van der Waals surface area (Å²) in [5.41, 5.74) is 4.85. The summed E-state index contributed by atoms with van der Waals surface area (Å²) in [4.78, 5) is 0. The third-order valence-electron chi connectivity index (χ3n) is 0. The number of hydrogen-bond acceptors (Lipinski definition) is 1. The summed E-state index contributed by atoms with van der Waals surface area (Å²) in [7, 11) is 0. The summed E-state index contributed by atoms with van der Waals surface area (Å²) in [6.07, 6.45) is 0. The Kier molecular flexibility index (Phi) is 8.32. The molecule has 0 radical (unpaired) electrons. The molecule has 0 fully saturated rings. The van der Waals surface area contributed by atoms with Crippen molar-refractivity contribution >= 4 is 0 Å². The van der Waals surface area contributed by atoms with Gasteiger partial charge in [0, 0.05) is 0 Å². The van der Waals surface area contributed by atoms with Crippen molar-refractivity contribution in [3.05, 3.63) is 0 Å². The van der Waals surface area contributed by atoms with Crippen molar-refractivity contribution in [2.75, 3.05) is 6.54 Å². The standard InChI is InChI=1S/C2H7N.4CH3.Ti/c1-2-3;;;;;/h2-3H2,1H3;4*1H3;. The minimum atomic E-state index is -1.00. The Morgan fingerprint density at radius 2 is 1.12 bits per heavy atom. The van der Waals surface area contributed by atoms with Crippen molar-refractivity contribution in [1.82, 2.24) is 0 Å². The van der Waals surface area contributed by atoms with Gasteiger partial charge < -0.3 is 5.73 Å². The zero-order valence-electron chi connectivity index (χ0n) is 6.78. The van der Waals surface area contributed by atoms with Crippen molar-refractivity contribution in [3.8, 4) is 0 Å². The molecule has 0 bridgehead atoms. The second kappa shape index (κ2) is 5.80. The molecule has 0 saturated heterocycles. The van der Waals surface area contributed by atoms with Crippen molar-refractivity contribution in [2.24, 2.45) is 5.73 Å². The van der Waals surface area contributed by atoms with Crippen molar-refractivity contribution in [3.63, 3.8) is 0 Å². The molecule has 0 aliphatic rings. The molecule has 0 rings (SSSR count). The van der Waals surface area contributed by atoms with Crippen molar-refractivity contribution in [2.45, 2.75) is 27.8 Å². The van der Waals surface area contributed by atoms with Crippen LogP contribution in [0.1, 0.15) is 6.92 Å². The monoisotopic (exact) mass is 153 g/mol. The van der Waals surface area contributed by atoms with Gasteiger partial charge in [-0.2, -0.15) is 0 Å². The normalized spacial score (nSPS) is 9.75. The molecule has 2 heteroatoms. The predicted octanol–water partition coefficient (Wildman–Crippen LogP) is 2.30. The Bertz CT molecular complexity index is 32.3. The Hall–Kier alpha value is 0.674. The first-order valence-corrected chi connectivity index (χ1v) is 9.36. The topological polar surface area (TPSA) is 26.0 Å². The first kappa shape index (κ1) is 11.5. The van der Waals surface area contributed by atoms with Crippen LogP contribution >= 0.6 is 0 Å². The molecule has 2 N–H and O–H groups in total. The molecule has 0 aromatic rings. The molecule has 0 atom stereocenters. The Balaban J connectivity index is 0. The second-order valence-electron chi connectivity index (χ2n) is 3.41. The first-order chi connectivity index (χ1) is 3.41. The molecule has 0 aliphatic heterocycles. The summed E-state index contributed by atoms with van der Waals surface area (Å²) in [6, 6.07) is 0. The summed E-state index contributed by atoms with van der Waals surface area (Å²) in [5.74, 6) is 0. The SMILES string of the molecule is CCN.[CH3][Ti]([CH3])([CH3])[CH3]. The van der Waals surface area contributed by atoms with Crippen molar-refractivity contribution in [1.29, 1.82) is 0 Å². The van der Waals surface area contributed by atoms with Gasteiger partial charge in [-0.1, -0.05) is 6.92 Å². The summed E-state index contributed by atoms with van der Waals surface area (Å²) < 4.78 is 0. The van der Waals surface area contributed by atoms with Gasteiger partial charge in [-0.15, -0.1) is 0 Å². The molecular weight excluding hydrogens is 134 g/mol. The molecule has 0 unspecified atom stereocenters. The van der Waals surface area contributed by atoms with Crippen LogP contribution in [0.25, 0.3) is 0 Å². The van der Waals surface area contributed by atoms with E-state index in [0.29, 0.717) is 0 Å². The van der Waals surface area contributed by atoms with E-state index < -0.39 is 16.6 Å². The van der Waals surface area contributed by atoms with Gasteiger partial charge in [0.25, 0.3) is 0 Å². The third-order valence-corrected chi connectivity index (χ3v) is 0. The fraction of sp³-hybridized carbons (Fsp3) is 1.00. The summed E-state index contributed by atoms with van der Waals surface area (Å²) in [5, 5.41) is 9.50. The zero-order valence-corrected chi connectivity index (χ0v) is 8.35. The van der Waals surface area contributed by atoms with Crippen LogP contribution in [0.15, 0.2) is 0 Å². The Labute approximate surface area is 57.0 Å². The molecule has 0 amide bonds. The molecule has 0 heterocycles. The quantitative estimate of drug-likeness (QED) is 0.531. The first-order valence-electron chi connectivity index (χ1n) is 3.12. The maximum atomic E-state index is 4.85. The maximum absolute atomic E-state index is 4.85. The van der Waals surface area contributed by atoms with Gasteiger partial charge in [0.05, 0.1) is 0 Å². The minimum absolute atomic E-state index is 0.750. The van der Waals surface area contributed by atoms with E-state index in [1.165, 1.54) is 0 Å². The van der Waals surface area contributed by atoms with E-state index in [9.17, 15) is 0 Å². The zero-order chi connectivity index (χ0) is 7.21. The van der Waals surface area contributed by atoms with Crippen LogP contribution in [-0.4, -0.2) is 6.54 Å². The average Bonchev–Trinajstić information content (AvgIpc) is 1.27. The van der Waals surface area contributed by atoms with E-state index in [1.54, 1.807) is 0 Å².